The monoisotopic (exact) mass is 356 g/mol. The topological polar surface area (TPSA) is 85.9 Å². The normalized spacial score (nSPS) is 11.8. The molecule has 0 unspecified atom stereocenters. The number of nitrogens with one attached hydrogen (secondary N) is 2. The number of rotatable bonds is 4. The molecule has 1 heterocycles. The van der Waals surface area contributed by atoms with Gasteiger partial charge in [-0.25, -0.2) is 0 Å². The molecule has 2 amide bonds. The van der Waals surface area contributed by atoms with Crippen LogP contribution in [0.1, 0.15) is 19.4 Å². The van der Waals surface area contributed by atoms with Crippen LogP contribution in [0.25, 0.3) is 11.1 Å². The molecule has 0 radical (unpaired) electrons. The summed E-state index contributed by atoms with van der Waals surface area (Å²) in [6.07, 6.45) is 0. The van der Waals surface area contributed by atoms with E-state index in [2.05, 4.69) is 10.6 Å². The maximum atomic E-state index is 11.7. The Bertz CT molecular complexity index is 892. The molecule has 0 aliphatic carbocycles. The standard InChI is InChI=1S/C19H20N2O5/c1-10-5-13(15(20-11(2)22)7-17(10)24-4)14-6-18-19(26-9-25-18)8-16(14)21-12(3)23/h5-8H,9H2,1-4H3,(H,20,22)(H,21,23). The summed E-state index contributed by atoms with van der Waals surface area (Å²) < 4.78 is 16.2. The number of methoxy groups -OCH3 is 1. The van der Waals surface area contributed by atoms with Gasteiger partial charge in [0.25, 0.3) is 0 Å². The summed E-state index contributed by atoms with van der Waals surface area (Å²) in [7, 11) is 1.57. The average molecular weight is 356 g/mol. The molecule has 3 rings (SSSR count). The van der Waals surface area contributed by atoms with Gasteiger partial charge in [-0.15, -0.1) is 0 Å². The van der Waals surface area contributed by atoms with Crippen LogP contribution in [0.5, 0.6) is 17.2 Å². The minimum atomic E-state index is -0.212. The highest BCUT2D eigenvalue weighted by atomic mass is 16.7. The highest BCUT2D eigenvalue weighted by Gasteiger charge is 2.21. The van der Waals surface area contributed by atoms with Crippen molar-refractivity contribution in [2.24, 2.45) is 0 Å². The molecule has 7 nitrogen and oxygen atoms in total. The van der Waals surface area contributed by atoms with Gasteiger partial charge in [-0.3, -0.25) is 9.59 Å². The molecule has 1 aliphatic heterocycles. The van der Waals surface area contributed by atoms with Crippen molar-refractivity contribution in [1.29, 1.82) is 0 Å². The van der Waals surface area contributed by atoms with Crippen LogP contribution in [-0.4, -0.2) is 25.7 Å². The van der Waals surface area contributed by atoms with Crippen LogP contribution in [0.3, 0.4) is 0 Å². The van der Waals surface area contributed by atoms with Crippen LogP contribution >= 0.6 is 0 Å². The first-order valence-electron chi connectivity index (χ1n) is 8.07. The number of ether oxygens (including phenoxy) is 3. The van der Waals surface area contributed by atoms with Crippen molar-refractivity contribution in [3.63, 3.8) is 0 Å². The lowest BCUT2D eigenvalue weighted by atomic mass is 9.98. The first kappa shape index (κ1) is 17.6. The number of fused-ring (bicyclic) bond motifs is 1. The van der Waals surface area contributed by atoms with E-state index in [0.717, 1.165) is 11.1 Å². The van der Waals surface area contributed by atoms with Crippen molar-refractivity contribution in [1.82, 2.24) is 0 Å². The highest BCUT2D eigenvalue weighted by molar-refractivity contribution is 6.00. The minimum absolute atomic E-state index is 0.124. The van der Waals surface area contributed by atoms with Crippen molar-refractivity contribution in [2.75, 3.05) is 24.5 Å². The SMILES string of the molecule is COc1cc(NC(C)=O)c(-c2cc3c(cc2NC(C)=O)OCO3)cc1C. The molecule has 136 valence electrons. The van der Waals surface area contributed by atoms with E-state index in [0.29, 0.717) is 34.2 Å². The molecule has 1 aliphatic rings. The number of hydrogen-bond donors (Lipinski definition) is 2. The molecule has 0 bridgehead atoms. The van der Waals surface area contributed by atoms with E-state index in [1.165, 1.54) is 13.8 Å². The van der Waals surface area contributed by atoms with E-state index in [-0.39, 0.29) is 18.6 Å². The molecular formula is C19H20N2O5. The van der Waals surface area contributed by atoms with Gasteiger partial charge in [0.2, 0.25) is 18.6 Å². The molecule has 0 fully saturated rings. The lowest BCUT2D eigenvalue weighted by Gasteiger charge is -2.18. The number of carbonyl (C=O) groups is 2. The molecule has 0 spiro atoms. The smallest absolute Gasteiger partial charge is 0.231 e. The molecule has 2 aromatic carbocycles. The van der Waals surface area contributed by atoms with Crippen LogP contribution in [0, 0.1) is 6.92 Å². The van der Waals surface area contributed by atoms with Gasteiger partial charge in [-0.1, -0.05) is 0 Å². The van der Waals surface area contributed by atoms with Gasteiger partial charge in [0.1, 0.15) is 5.75 Å². The molecule has 26 heavy (non-hydrogen) atoms. The van der Waals surface area contributed by atoms with Crippen LogP contribution in [0.15, 0.2) is 24.3 Å². The summed E-state index contributed by atoms with van der Waals surface area (Å²) in [5, 5.41) is 5.63. The zero-order valence-electron chi connectivity index (χ0n) is 15.1. The Morgan fingerprint density at radius 1 is 0.923 bits per heavy atom. The summed E-state index contributed by atoms with van der Waals surface area (Å²) >= 11 is 0. The molecule has 0 aromatic heterocycles. The van der Waals surface area contributed by atoms with Gasteiger partial charge < -0.3 is 24.8 Å². The predicted molar refractivity (Wildman–Crippen MR) is 97.9 cm³/mol. The second-order valence-electron chi connectivity index (χ2n) is 5.98. The van der Waals surface area contributed by atoms with Gasteiger partial charge in [-0.2, -0.15) is 0 Å². The van der Waals surface area contributed by atoms with E-state index in [1.807, 2.05) is 13.0 Å². The van der Waals surface area contributed by atoms with Gasteiger partial charge in [-0.05, 0) is 24.6 Å². The van der Waals surface area contributed by atoms with Gasteiger partial charge in [0.05, 0.1) is 18.5 Å². The van der Waals surface area contributed by atoms with Crippen molar-refractivity contribution in [2.45, 2.75) is 20.8 Å². The maximum Gasteiger partial charge on any atom is 0.231 e. The summed E-state index contributed by atoms with van der Waals surface area (Å²) in [4.78, 5) is 23.3. The molecule has 0 saturated carbocycles. The number of amides is 2. The van der Waals surface area contributed by atoms with Crippen LogP contribution in [0.2, 0.25) is 0 Å². The lowest BCUT2D eigenvalue weighted by Crippen LogP contribution is -2.10. The van der Waals surface area contributed by atoms with E-state index < -0.39 is 0 Å². The second-order valence-corrected chi connectivity index (χ2v) is 5.98. The van der Waals surface area contributed by atoms with E-state index >= 15 is 0 Å². The number of carbonyl (C=O) groups excluding carboxylic acids is 2. The van der Waals surface area contributed by atoms with Crippen LogP contribution in [-0.2, 0) is 9.59 Å². The second kappa shape index (κ2) is 6.95. The summed E-state index contributed by atoms with van der Waals surface area (Å²) in [6.45, 7) is 4.90. The fraction of sp³-hybridized carbons (Fsp3) is 0.263. The molecule has 0 atom stereocenters. The van der Waals surface area contributed by atoms with Crippen molar-refractivity contribution in [3.8, 4) is 28.4 Å². The Morgan fingerprint density at radius 3 is 2.04 bits per heavy atom. The zero-order valence-corrected chi connectivity index (χ0v) is 15.1. The van der Waals surface area contributed by atoms with E-state index in [1.54, 1.807) is 25.3 Å². The molecule has 2 N–H and O–H groups in total. The first-order valence-corrected chi connectivity index (χ1v) is 8.07. The van der Waals surface area contributed by atoms with Crippen molar-refractivity contribution in [3.05, 3.63) is 29.8 Å². The first-order chi connectivity index (χ1) is 12.4. The van der Waals surface area contributed by atoms with E-state index in [4.69, 9.17) is 14.2 Å². The van der Waals surface area contributed by atoms with Crippen LogP contribution < -0.4 is 24.8 Å². The molecule has 7 heteroatoms. The molecular weight excluding hydrogens is 336 g/mol. The maximum absolute atomic E-state index is 11.7. The Balaban J connectivity index is 2.22. The number of benzene rings is 2. The van der Waals surface area contributed by atoms with Gasteiger partial charge in [0.15, 0.2) is 11.5 Å². The van der Waals surface area contributed by atoms with Crippen LogP contribution in [0.4, 0.5) is 11.4 Å². The average Bonchev–Trinajstić information content (AvgIpc) is 3.01. The fourth-order valence-electron chi connectivity index (χ4n) is 2.88. The minimum Gasteiger partial charge on any atom is -0.496 e. The largest absolute Gasteiger partial charge is 0.496 e. The number of aryl methyl sites for hydroxylation is 1. The van der Waals surface area contributed by atoms with Crippen molar-refractivity contribution >= 4 is 23.2 Å². The van der Waals surface area contributed by atoms with E-state index in [9.17, 15) is 9.59 Å². The third kappa shape index (κ3) is 3.42. The Kier molecular flexibility index (Phi) is 4.71. The quantitative estimate of drug-likeness (QED) is 0.878. The Labute approximate surface area is 151 Å². The summed E-state index contributed by atoms with van der Waals surface area (Å²) in [5.74, 6) is 1.37. The van der Waals surface area contributed by atoms with Gasteiger partial charge >= 0.3 is 0 Å². The van der Waals surface area contributed by atoms with Crippen molar-refractivity contribution < 1.29 is 23.8 Å². The number of hydrogen-bond acceptors (Lipinski definition) is 5. The summed E-state index contributed by atoms with van der Waals surface area (Å²) in [5.41, 5.74) is 3.48. The third-order valence-electron chi connectivity index (χ3n) is 3.96. The Morgan fingerprint density at radius 2 is 1.46 bits per heavy atom. The zero-order chi connectivity index (χ0) is 18.8. The Hall–Kier alpha value is -3.22. The van der Waals surface area contributed by atoms with Gasteiger partial charge in [0, 0.05) is 37.1 Å². The summed E-state index contributed by atoms with van der Waals surface area (Å²) in [6, 6.07) is 7.16. The fourth-order valence-corrected chi connectivity index (χ4v) is 2.88. The third-order valence-corrected chi connectivity index (χ3v) is 3.96. The number of anilines is 2. The molecule has 2 aromatic rings. The highest BCUT2D eigenvalue weighted by Crippen LogP contribution is 2.44. The predicted octanol–water partition coefficient (Wildman–Crippen LogP) is 3.32. The lowest BCUT2D eigenvalue weighted by molar-refractivity contribution is -0.115. The molecule has 0 saturated heterocycles.